The van der Waals surface area contributed by atoms with Crippen molar-refractivity contribution in [3.8, 4) is 11.4 Å². The smallest absolute Gasteiger partial charge is 0.407 e. The highest BCUT2D eigenvalue weighted by atomic mass is 19.1. The molecule has 3 aliphatic heterocycles. The Balaban J connectivity index is 0.801. The van der Waals surface area contributed by atoms with E-state index in [9.17, 15) is 101 Å². The maximum Gasteiger partial charge on any atom is 0.407 e. The van der Waals surface area contributed by atoms with Crippen LogP contribution in [0.25, 0.3) is 22.3 Å². The Morgan fingerprint density at radius 2 is 1.03 bits per heavy atom. The van der Waals surface area contributed by atoms with Crippen LogP contribution >= 0.6 is 0 Å². The monoisotopic (exact) mass is 1870 g/mol. The summed E-state index contributed by atoms with van der Waals surface area (Å²) in [5.74, 6) is -13.0. The number of alkyl carbamates (subject to hydrolysis) is 1. The minimum Gasteiger partial charge on any atom is -0.460 e. The number of fused-ring (bicyclic) bond motifs is 5. The summed E-state index contributed by atoms with van der Waals surface area (Å²) in [4.78, 5) is 294. The number of aryl methyl sites for hydroxylation is 1. The third-order valence-electron chi connectivity index (χ3n) is 23.7. The lowest BCUT2D eigenvalue weighted by Crippen LogP contribution is -2.52. The summed E-state index contributed by atoms with van der Waals surface area (Å²) < 4.78 is 28.8. The molecule has 44 heteroatoms. The highest BCUT2D eigenvalue weighted by molar-refractivity contribution is 6.13. The van der Waals surface area contributed by atoms with Gasteiger partial charge in [0.1, 0.15) is 25.1 Å². The van der Waals surface area contributed by atoms with Crippen molar-refractivity contribution in [2.75, 3.05) is 174 Å². The van der Waals surface area contributed by atoms with Gasteiger partial charge in [-0.2, -0.15) is 0 Å². The number of pyridine rings is 2. The molecule has 0 saturated carbocycles. The Hall–Kier alpha value is -14.9. The van der Waals surface area contributed by atoms with Gasteiger partial charge in [0.05, 0.1) is 126 Å². The van der Waals surface area contributed by atoms with E-state index in [1.54, 1.807) is 50.2 Å². The maximum atomic E-state index is 15.8. The number of unbranched alkanes of at least 4 members (excludes halogenated alkanes) is 2. The van der Waals surface area contributed by atoms with Gasteiger partial charge in [-0.05, 0) is 96.2 Å². The fraction of sp³-hybridized carbons (Fsp3) is 0.473. The number of carbonyl (C=O) groups is 20. The summed E-state index contributed by atoms with van der Waals surface area (Å²) in [7, 11) is 14.6. The zero-order valence-corrected chi connectivity index (χ0v) is 78.1. The summed E-state index contributed by atoms with van der Waals surface area (Å²) in [6.45, 7) is -2.69. The van der Waals surface area contributed by atoms with Crippen LogP contribution in [0.5, 0.6) is 0 Å². The molecule has 0 bridgehead atoms. The van der Waals surface area contributed by atoms with Crippen LogP contribution in [0.2, 0.25) is 0 Å². The van der Waals surface area contributed by atoms with E-state index in [1.807, 2.05) is 0 Å². The van der Waals surface area contributed by atoms with E-state index < -0.39 is 221 Å². The predicted molar refractivity (Wildman–Crippen MR) is 481 cm³/mol. The van der Waals surface area contributed by atoms with Crippen LogP contribution in [0.1, 0.15) is 114 Å². The fourth-order valence-electron chi connectivity index (χ4n) is 15.2. The van der Waals surface area contributed by atoms with Crippen molar-refractivity contribution in [3.05, 3.63) is 139 Å². The third kappa shape index (κ3) is 27.6. The SMILES string of the molecule is CC[C@H]1C(=O)OCc2c1cc1n(c2=O)Cc2c-1nc1cc(F)c(C)c3c1c2[C@@H](NC(=O)OCc1ccc(NC(=O)CNC(=O)[C@H](Cc2ccccc2)NC(=O)CNC(=O)CNC(=O)CCCCCN2C(=O)C=CC2=O)cc1CN(C)C(=O)CN(C)C(=O)CN(C)C(=O)CN(C)C(=O)CN(C)C(=O)CN(C)C(=O)CN(C)C(=O)CN(C)C(=O)CN(C)C(=O)CN(C)C(=O)CN(C)C(C)=O)CC3. The molecule has 3 atom stereocenters. The van der Waals surface area contributed by atoms with Gasteiger partial charge in [-0.3, -0.25) is 101 Å². The average Bonchev–Trinajstić information content (AvgIpc) is 1.18. The van der Waals surface area contributed by atoms with Gasteiger partial charge >= 0.3 is 12.1 Å². The zero-order valence-electron chi connectivity index (χ0n) is 78.1. The second kappa shape index (κ2) is 46.9. The van der Waals surface area contributed by atoms with Gasteiger partial charge in [-0.15, -0.1) is 0 Å². The number of nitrogens with zero attached hydrogens (tertiary/aromatic N) is 14. The van der Waals surface area contributed by atoms with Gasteiger partial charge in [0.2, 0.25) is 94.5 Å². The first-order valence-corrected chi connectivity index (χ1v) is 43.6. The summed E-state index contributed by atoms with van der Waals surface area (Å²) in [6.07, 6.45) is 3.76. The topological polar surface area (TPSA) is 506 Å². The molecule has 0 fully saturated rings. The van der Waals surface area contributed by atoms with Crippen LogP contribution in [0.4, 0.5) is 14.9 Å². The molecule has 0 saturated heterocycles. The van der Waals surface area contributed by atoms with E-state index in [0.29, 0.717) is 93.4 Å². The molecule has 0 spiro atoms. The summed E-state index contributed by atoms with van der Waals surface area (Å²) in [5.41, 5.74) is 5.08. The first-order valence-electron chi connectivity index (χ1n) is 43.6. The predicted octanol–water partition coefficient (Wildman–Crippen LogP) is -1.60. The molecule has 4 aliphatic rings. The fourth-order valence-corrected chi connectivity index (χ4v) is 15.2. The number of likely N-dealkylation sites (N-methyl/N-ethyl adjacent to an activating group) is 11. The van der Waals surface area contributed by atoms with Gasteiger partial charge in [0.25, 0.3) is 17.4 Å². The number of nitrogens with one attached hydrogen (secondary N) is 6. The van der Waals surface area contributed by atoms with Gasteiger partial charge in [0.15, 0.2) is 0 Å². The largest absolute Gasteiger partial charge is 0.460 e. The molecular formula is C91H115FN20O23. The number of carbonyl (C=O) groups excluding carboxylic acids is 20. The Kier molecular flexibility index (Phi) is 36.1. The Morgan fingerprint density at radius 3 is 1.54 bits per heavy atom. The van der Waals surface area contributed by atoms with Crippen LogP contribution in [0.15, 0.2) is 77.6 Å². The second-order valence-corrected chi connectivity index (χ2v) is 33.9. The van der Waals surface area contributed by atoms with Crippen LogP contribution in [0.3, 0.4) is 0 Å². The van der Waals surface area contributed by atoms with Crippen molar-refractivity contribution in [1.29, 1.82) is 0 Å². The quantitative estimate of drug-likeness (QED) is 0.0143. The lowest BCUT2D eigenvalue weighted by Gasteiger charge is -2.29. The minimum atomic E-state index is -1.29. The molecule has 0 radical (unpaired) electrons. The summed E-state index contributed by atoms with van der Waals surface area (Å²) >= 11 is 0. The molecular weight excluding hydrogens is 1760 g/mol. The van der Waals surface area contributed by atoms with E-state index >= 15 is 4.39 Å². The molecule has 1 aliphatic carbocycles. The van der Waals surface area contributed by atoms with Gasteiger partial charge in [0, 0.05) is 145 Å². The van der Waals surface area contributed by atoms with Crippen molar-refractivity contribution in [2.45, 2.75) is 116 Å². The minimum absolute atomic E-state index is 0.0244. The lowest BCUT2D eigenvalue weighted by molar-refractivity contribution is -0.148. The number of aromatic nitrogens is 2. The number of esters is 1. The number of rotatable bonds is 43. The third-order valence-corrected chi connectivity index (χ3v) is 23.7. The van der Waals surface area contributed by atoms with Crippen LogP contribution in [0, 0.1) is 12.7 Å². The summed E-state index contributed by atoms with van der Waals surface area (Å²) in [6, 6.07) is 14.0. The molecule has 6 N–H and O–H groups in total. The number of halogens is 1. The number of ether oxygens (including phenoxy) is 2. The molecule has 9 rings (SSSR count). The first kappa shape index (κ1) is 104. The number of hydrogen-bond donors (Lipinski definition) is 6. The maximum absolute atomic E-state index is 15.8. The second-order valence-electron chi connectivity index (χ2n) is 33.9. The number of cyclic esters (lactones) is 1. The number of imide groups is 1. The summed E-state index contributed by atoms with van der Waals surface area (Å²) in [5, 5.41) is 16.3. The Bertz CT molecular complexity index is 5590. The highest BCUT2D eigenvalue weighted by Crippen LogP contribution is 2.46. The number of hydrogen-bond acceptors (Lipinski definition) is 24. The normalized spacial score (nSPS) is 13.8. The Morgan fingerprint density at radius 1 is 0.541 bits per heavy atom. The lowest BCUT2D eigenvalue weighted by atomic mass is 9.81. The molecule has 43 nitrogen and oxygen atoms in total. The van der Waals surface area contributed by atoms with Crippen molar-refractivity contribution in [2.24, 2.45) is 0 Å². The number of amides is 19. The van der Waals surface area contributed by atoms with E-state index in [-0.39, 0.29) is 80.3 Å². The van der Waals surface area contributed by atoms with Crippen LogP contribution in [-0.4, -0.2) is 362 Å². The van der Waals surface area contributed by atoms with E-state index in [0.717, 1.165) is 49.0 Å². The molecule has 0 unspecified atom stereocenters. The van der Waals surface area contributed by atoms with E-state index in [1.165, 1.54) is 135 Å². The van der Waals surface area contributed by atoms with Crippen LogP contribution in [-0.2, 0) is 140 Å². The molecule has 2 aromatic heterocycles. The van der Waals surface area contributed by atoms with Crippen molar-refractivity contribution >= 4 is 135 Å². The van der Waals surface area contributed by atoms with Crippen molar-refractivity contribution < 1.29 is 110 Å². The molecule has 19 amide bonds. The Labute approximate surface area is 777 Å². The standard InChI is InChI=1S/C91H115FN20O23/c1-15-59-61-34-68-87-62(40-112(68)89(131)63(61)52-134-90(59)132)86-65(28-27-60-53(2)64(92)35-66(98-87)85(60)86)99-91(133)135-51-56-25-26-58(96-71(116)38-95-88(130)67(32-55-22-18-16-19-23-55)97-72(117)37-94-70(115)36-93-69(114)24-20-17-21-31-111-73(118)29-30-74(111)119)33-57(56)39-101(5)76(121)42-103(7)78(123)44-105(9)80(125)46-107(11)82(127)48-109(13)84(129)50-110(14)83(128)49-108(12)81(126)47-106(10)79(124)45-104(8)77(122)43-102(6)75(120)41-100(4)54(3)113/h16,18-19,22-23,25-26,29-30,33-35,59,65,67H,15,17,20-21,24,27-28,31-32,36-52H2,1-14H3,(H,93,114)(H,94,115)(H,95,130)(H,96,116)(H,97,117)(H,99,133)/t59-,65+,67+/m1/s1. The molecule has 3 aromatic carbocycles. The molecule has 5 aromatic rings. The van der Waals surface area contributed by atoms with Gasteiger partial charge in [-0.1, -0.05) is 49.7 Å². The van der Waals surface area contributed by atoms with E-state index in [2.05, 4.69) is 31.9 Å². The zero-order chi connectivity index (χ0) is 99.3. The number of benzene rings is 3. The molecule has 135 heavy (non-hydrogen) atoms. The van der Waals surface area contributed by atoms with E-state index in [4.69, 9.17) is 14.5 Å². The first-order chi connectivity index (χ1) is 63.8. The molecule has 5 heterocycles. The average molecular weight is 1880 g/mol. The van der Waals surface area contributed by atoms with Crippen molar-refractivity contribution in [3.63, 3.8) is 0 Å². The number of anilines is 1. The van der Waals surface area contributed by atoms with Gasteiger partial charge in [-0.25, -0.2) is 14.2 Å². The highest BCUT2D eigenvalue weighted by Gasteiger charge is 2.40. The van der Waals surface area contributed by atoms with Crippen LogP contribution < -0.4 is 37.5 Å². The van der Waals surface area contributed by atoms with Crippen molar-refractivity contribution in [1.82, 2.24) is 94.9 Å². The van der Waals surface area contributed by atoms with Gasteiger partial charge < -0.3 is 99.8 Å². The molecule has 724 valence electrons.